The number of carbonyl (C=O) groups excluding carboxylic acids is 1. The molecule has 1 aliphatic carbocycles. The van der Waals surface area contributed by atoms with E-state index in [1.165, 1.54) is 17.7 Å². The van der Waals surface area contributed by atoms with Gasteiger partial charge in [0.1, 0.15) is 0 Å². The van der Waals surface area contributed by atoms with Gasteiger partial charge in [0, 0.05) is 11.1 Å². The fourth-order valence-electron chi connectivity index (χ4n) is 3.35. The van der Waals surface area contributed by atoms with Crippen molar-refractivity contribution in [1.82, 2.24) is 15.3 Å². The van der Waals surface area contributed by atoms with Crippen molar-refractivity contribution in [3.8, 4) is 0 Å². The number of thiazole rings is 1. The van der Waals surface area contributed by atoms with E-state index in [-0.39, 0.29) is 18.5 Å². The summed E-state index contributed by atoms with van der Waals surface area (Å²) in [6.07, 6.45) is 6.28. The third kappa shape index (κ3) is 4.40. The SMILES string of the molecule is O=C(CNC(c1ccccc1)c1ccccn1)Nc1nc2c(s1)CCCC2. The van der Waals surface area contributed by atoms with Gasteiger partial charge in [-0.25, -0.2) is 4.98 Å². The van der Waals surface area contributed by atoms with Crippen LogP contribution in [-0.4, -0.2) is 22.4 Å². The normalized spacial score (nSPS) is 14.4. The molecule has 2 N–H and O–H groups in total. The van der Waals surface area contributed by atoms with Crippen molar-refractivity contribution in [3.05, 3.63) is 76.6 Å². The van der Waals surface area contributed by atoms with Crippen molar-refractivity contribution in [3.63, 3.8) is 0 Å². The summed E-state index contributed by atoms with van der Waals surface area (Å²) < 4.78 is 0. The van der Waals surface area contributed by atoms with Crippen LogP contribution in [0.1, 0.15) is 40.7 Å². The lowest BCUT2D eigenvalue weighted by Gasteiger charge is -2.18. The number of carbonyl (C=O) groups is 1. The Morgan fingerprint density at radius 1 is 1.07 bits per heavy atom. The van der Waals surface area contributed by atoms with E-state index in [1.54, 1.807) is 17.5 Å². The van der Waals surface area contributed by atoms with Gasteiger partial charge in [-0.2, -0.15) is 0 Å². The Bertz CT molecular complexity index is 832. The first-order valence-corrected chi connectivity index (χ1v) is 10.1. The molecule has 1 atom stereocenters. The molecule has 4 rings (SSSR count). The Hall–Kier alpha value is -2.57. The highest BCUT2D eigenvalue weighted by molar-refractivity contribution is 7.15. The molecule has 0 saturated heterocycles. The van der Waals surface area contributed by atoms with E-state index >= 15 is 0 Å². The molecule has 0 fully saturated rings. The minimum Gasteiger partial charge on any atom is -0.301 e. The van der Waals surface area contributed by atoms with E-state index in [0.717, 1.165) is 29.8 Å². The summed E-state index contributed by atoms with van der Waals surface area (Å²) in [5.41, 5.74) is 3.13. The molecule has 1 aromatic carbocycles. The van der Waals surface area contributed by atoms with Gasteiger partial charge in [0.2, 0.25) is 5.91 Å². The number of benzene rings is 1. The van der Waals surface area contributed by atoms with Crippen LogP contribution in [0.15, 0.2) is 54.7 Å². The Balaban J connectivity index is 1.43. The number of nitrogens with one attached hydrogen (secondary N) is 2. The summed E-state index contributed by atoms with van der Waals surface area (Å²) in [4.78, 5) is 22.8. The second-order valence-corrected chi connectivity index (χ2v) is 7.71. The molecular weight excluding hydrogens is 356 g/mol. The number of fused-ring (bicyclic) bond motifs is 1. The summed E-state index contributed by atoms with van der Waals surface area (Å²) in [6.45, 7) is 0.195. The van der Waals surface area contributed by atoms with Crippen LogP contribution in [0, 0.1) is 0 Å². The Morgan fingerprint density at radius 2 is 1.89 bits per heavy atom. The van der Waals surface area contributed by atoms with Gasteiger partial charge in [-0.3, -0.25) is 15.1 Å². The molecule has 0 spiro atoms. The van der Waals surface area contributed by atoms with Crippen molar-refractivity contribution < 1.29 is 4.79 Å². The Morgan fingerprint density at radius 3 is 2.67 bits per heavy atom. The largest absolute Gasteiger partial charge is 0.301 e. The molecule has 6 heteroatoms. The molecule has 138 valence electrons. The summed E-state index contributed by atoms with van der Waals surface area (Å²) in [7, 11) is 0. The number of hydrogen-bond acceptors (Lipinski definition) is 5. The molecular formula is C21H22N4OS. The van der Waals surface area contributed by atoms with Crippen molar-refractivity contribution in [1.29, 1.82) is 0 Å². The lowest BCUT2D eigenvalue weighted by molar-refractivity contribution is -0.115. The zero-order chi connectivity index (χ0) is 18.5. The molecule has 5 nitrogen and oxygen atoms in total. The van der Waals surface area contributed by atoms with Crippen molar-refractivity contribution >= 4 is 22.4 Å². The second-order valence-electron chi connectivity index (χ2n) is 6.62. The molecule has 1 amide bonds. The first-order valence-electron chi connectivity index (χ1n) is 9.27. The maximum atomic E-state index is 12.5. The van der Waals surface area contributed by atoms with Gasteiger partial charge >= 0.3 is 0 Å². The third-order valence-corrected chi connectivity index (χ3v) is 5.75. The van der Waals surface area contributed by atoms with Crippen LogP contribution in [-0.2, 0) is 17.6 Å². The number of rotatable bonds is 6. The standard InChI is InChI=1S/C21H22N4OS/c26-19(25-21-24-16-10-4-5-12-18(16)27-21)14-23-20(15-8-2-1-3-9-15)17-11-6-7-13-22-17/h1-3,6-9,11,13,20,23H,4-5,10,12,14H2,(H,24,25,26). The monoisotopic (exact) mass is 378 g/mol. The van der Waals surface area contributed by atoms with Gasteiger partial charge in [-0.05, 0) is 43.4 Å². The van der Waals surface area contributed by atoms with Crippen LogP contribution in [0.2, 0.25) is 0 Å². The summed E-state index contributed by atoms with van der Waals surface area (Å²) >= 11 is 1.61. The van der Waals surface area contributed by atoms with Crippen LogP contribution >= 0.6 is 11.3 Å². The highest BCUT2D eigenvalue weighted by atomic mass is 32.1. The smallest absolute Gasteiger partial charge is 0.240 e. The van der Waals surface area contributed by atoms with Crippen LogP contribution in [0.4, 0.5) is 5.13 Å². The van der Waals surface area contributed by atoms with Gasteiger partial charge in [0.15, 0.2) is 5.13 Å². The average Bonchev–Trinajstić information content (AvgIpc) is 3.12. The number of amides is 1. The van der Waals surface area contributed by atoms with E-state index in [1.807, 2.05) is 48.5 Å². The Labute approximate surface area is 162 Å². The molecule has 2 heterocycles. The number of nitrogens with zero attached hydrogens (tertiary/aromatic N) is 2. The molecule has 0 saturated carbocycles. The molecule has 0 aliphatic heterocycles. The van der Waals surface area contributed by atoms with Gasteiger partial charge in [-0.15, -0.1) is 11.3 Å². The number of hydrogen-bond donors (Lipinski definition) is 2. The zero-order valence-corrected chi connectivity index (χ0v) is 15.8. The Kier molecular flexibility index (Phi) is 5.55. The van der Waals surface area contributed by atoms with Crippen LogP contribution in [0.25, 0.3) is 0 Å². The first-order chi connectivity index (χ1) is 13.3. The van der Waals surface area contributed by atoms with Gasteiger partial charge in [-0.1, -0.05) is 36.4 Å². The maximum absolute atomic E-state index is 12.5. The second kappa shape index (κ2) is 8.41. The van der Waals surface area contributed by atoms with Gasteiger partial charge < -0.3 is 5.32 Å². The summed E-state index contributed by atoms with van der Waals surface area (Å²) in [5.74, 6) is -0.0852. The highest BCUT2D eigenvalue weighted by Crippen LogP contribution is 2.29. The van der Waals surface area contributed by atoms with Crippen LogP contribution in [0.5, 0.6) is 0 Å². The number of aromatic nitrogens is 2. The molecule has 1 unspecified atom stereocenters. The predicted molar refractivity (Wildman–Crippen MR) is 108 cm³/mol. The number of pyridine rings is 1. The van der Waals surface area contributed by atoms with Crippen molar-refractivity contribution in [2.24, 2.45) is 0 Å². The highest BCUT2D eigenvalue weighted by Gasteiger charge is 2.18. The maximum Gasteiger partial charge on any atom is 0.240 e. The molecule has 0 bridgehead atoms. The summed E-state index contributed by atoms with van der Waals surface area (Å²) in [5, 5.41) is 6.99. The van der Waals surface area contributed by atoms with E-state index in [4.69, 9.17) is 0 Å². The van der Waals surface area contributed by atoms with Crippen molar-refractivity contribution in [2.45, 2.75) is 31.7 Å². The fraction of sp³-hybridized carbons (Fsp3) is 0.286. The van der Waals surface area contributed by atoms with Crippen molar-refractivity contribution in [2.75, 3.05) is 11.9 Å². The minimum absolute atomic E-state index is 0.0852. The molecule has 27 heavy (non-hydrogen) atoms. The predicted octanol–water partition coefficient (Wildman–Crippen LogP) is 3.73. The minimum atomic E-state index is -0.136. The van der Waals surface area contributed by atoms with E-state index in [2.05, 4.69) is 20.6 Å². The topological polar surface area (TPSA) is 66.9 Å². The van der Waals surface area contributed by atoms with Crippen LogP contribution in [0.3, 0.4) is 0 Å². The van der Waals surface area contributed by atoms with Gasteiger partial charge in [0.25, 0.3) is 0 Å². The third-order valence-electron chi connectivity index (χ3n) is 4.68. The zero-order valence-electron chi connectivity index (χ0n) is 15.0. The van der Waals surface area contributed by atoms with E-state index < -0.39 is 0 Å². The lowest BCUT2D eigenvalue weighted by Crippen LogP contribution is -2.32. The lowest BCUT2D eigenvalue weighted by atomic mass is 10.0. The molecule has 2 aromatic heterocycles. The molecule has 3 aromatic rings. The fourth-order valence-corrected chi connectivity index (χ4v) is 4.42. The first kappa shape index (κ1) is 17.8. The van der Waals surface area contributed by atoms with E-state index in [0.29, 0.717) is 5.13 Å². The van der Waals surface area contributed by atoms with Gasteiger partial charge in [0.05, 0.1) is 24.0 Å². The number of anilines is 1. The van der Waals surface area contributed by atoms with Crippen LogP contribution < -0.4 is 10.6 Å². The summed E-state index contributed by atoms with van der Waals surface area (Å²) in [6, 6.07) is 15.7. The number of aryl methyl sites for hydroxylation is 2. The molecule has 1 aliphatic rings. The quantitative estimate of drug-likeness (QED) is 0.686. The molecule has 0 radical (unpaired) electrons. The average molecular weight is 379 g/mol. The van der Waals surface area contributed by atoms with E-state index in [9.17, 15) is 4.79 Å².